The maximum Gasteiger partial charge on any atom is 0.232 e. The molecule has 3 rings (SSSR count). The fourth-order valence-corrected chi connectivity index (χ4v) is 1.99. The van der Waals surface area contributed by atoms with Crippen LogP contribution in [0.4, 0.5) is 10.3 Å². The van der Waals surface area contributed by atoms with Gasteiger partial charge in [0.15, 0.2) is 0 Å². The van der Waals surface area contributed by atoms with Gasteiger partial charge in [-0.05, 0) is 18.2 Å². The Bertz CT molecular complexity index is 774. The second-order valence-corrected chi connectivity index (χ2v) is 4.21. The van der Waals surface area contributed by atoms with Gasteiger partial charge in [-0.2, -0.15) is 0 Å². The van der Waals surface area contributed by atoms with Crippen LogP contribution < -0.4 is 10.5 Å². The largest absolute Gasteiger partial charge is 0.497 e. The molecule has 0 bridgehead atoms. The van der Waals surface area contributed by atoms with Gasteiger partial charge in [0.05, 0.1) is 18.4 Å². The molecular formula is C14H11FN4O2. The SMILES string of the molecule is COc1ccc(-c2noc(N)c2-c2ccncn2)c(F)c1. The summed E-state index contributed by atoms with van der Waals surface area (Å²) in [5, 5.41) is 3.84. The maximum atomic E-state index is 14.2. The zero-order valence-electron chi connectivity index (χ0n) is 11.1. The minimum atomic E-state index is -0.488. The third kappa shape index (κ3) is 2.29. The van der Waals surface area contributed by atoms with Crippen LogP contribution >= 0.6 is 0 Å². The van der Waals surface area contributed by atoms with E-state index in [1.807, 2.05) is 0 Å². The number of nitrogens with two attached hydrogens (primary N) is 1. The van der Waals surface area contributed by atoms with E-state index in [1.54, 1.807) is 24.4 Å². The van der Waals surface area contributed by atoms with Crippen molar-refractivity contribution in [2.75, 3.05) is 12.8 Å². The minimum absolute atomic E-state index is 0.0684. The van der Waals surface area contributed by atoms with Crippen molar-refractivity contribution in [3.63, 3.8) is 0 Å². The van der Waals surface area contributed by atoms with Gasteiger partial charge in [-0.25, -0.2) is 14.4 Å². The van der Waals surface area contributed by atoms with Crippen LogP contribution in [0.2, 0.25) is 0 Å². The van der Waals surface area contributed by atoms with Crippen molar-refractivity contribution < 1.29 is 13.7 Å². The van der Waals surface area contributed by atoms with Crippen LogP contribution in [0.3, 0.4) is 0 Å². The highest BCUT2D eigenvalue weighted by atomic mass is 19.1. The molecule has 6 nitrogen and oxygen atoms in total. The van der Waals surface area contributed by atoms with E-state index in [-0.39, 0.29) is 17.1 Å². The monoisotopic (exact) mass is 286 g/mol. The molecule has 0 aliphatic rings. The molecule has 0 saturated carbocycles. The van der Waals surface area contributed by atoms with Crippen molar-refractivity contribution in [1.29, 1.82) is 0 Å². The van der Waals surface area contributed by atoms with Crippen LogP contribution in [0, 0.1) is 5.82 Å². The number of rotatable bonds is 3. The van der Waals surface area contributed by atoms with Crippen LogP contribution in [0.1, 0.15) is 0 Å². The molecule has 2 N–H and O–H groups in total. The standard InChI is InChI=1S/C14H11FN4O2/c1-20-8-2-3-9(10(15)6-8)13-12(14(16)21-19-13)11-4-5-17-7-18-11/h2-7H,16H2,1H3. The zero-order chi connectivity index (χ0) is 14.8. The Morgan fingerprint density at radius 3 is 2.81 bits per heavy atom. The molecule has 0 aliphatic carbocycles. The van der Waals surface area contributed by atoms with Crippen molar-refractivity contribution in [2.24, 2.45) is 0 Å². The molecule has 0 fully saturated rings. The van der Waals surface area contributed by atoms with Crippen molar-refractivity contribution in [2.45, 2.75) is 0 Å². The summed E-state index contributed by atoms with van der Waals surface area (Å²) in [5.41, 5.74) is 7.26. The Morgan fingerprint density at radius 1 is 1.29 bits per heavy atom. The van der Waals surface area contributed by atoms with Gasteiger partial charge in [0.25, 0.3) is 0 Å². The topological polar surface area (TPSA) is 87.1 Å². The normalized spacial score (nSPS) is 10.6. The Balaban J connectivity index is 2.17. The van der Waals surface area contributed by atoms with Crippen LogP contribution in [0.25, 0.3) is 22.5 Å². The lowest BCUT2D eigenvalue weighted by Crippen LogP contribution is -1.93. The first kappa shape index (κ1) is 13.0. The number of hydrogen-bond donors (Lipinski definition) is 1. The first-order valence-corrected chi connectivity index (χ1v) is 6.06. The lowest BCUT2D eigenvalue weighted by atomic mass is 10.0. The Morgan fingerprint density at radius 2 is 2.14 bits per heavy atom. The molecule has 0 unspecified atom stereocenters. The molecule has 21 heavy (non-hydrogen) atoms. The molecule has 7 heteroatoms. The lowest BCUT2D eigenvalue weighted by Gasteiger charge is -2.05. The first-order valence-electron chi connectivity index (χ1n) is 6.06. The van der Waals surface area contributed by atoms with Crippen LogP contribution in [0.5, 0.6) is 5.75 Å². The third-order valence-corrected chi connectivity index (χ3v) is 2.99. The summed E-state index contributed by atoms with van der Waals surface area (Å²) in [5.74, 6) is -0.00632. The molecule has 3 aromatic rings. The summed E-state index contributed by atoms with van der Waals surface area (Å²) in [7, 11) is 1.47. The fraction of sp³-hybridized carbons (Fsp3) is 0.0714. The summed E-state index contributed by atoms with van der Waals surface area (Å²) >= 11 is 0. The molecule has 106 valence electrons. The highest BCUT2D eigenvalue weighted by molar-refractivity contribution is 5.85. The van der Waals surface area contributed by atoms with Crippen molar-refractivity contribution in [3.05, 3.63) is 42.6 Å². The number of nitrogens with zero attached hydrogens (tertiary/aromatic N) is 3. The molecule has 2 aromatic heterocycles. The van der Waals surface area contributed by atoms with Gasteiger partial charge in [0.2, 0.25) is 5.88 Å². The summed E-state index contributed by atoms with van der Waals surface area (Å²) in [6.45, 7) is 0. The summed E-state index contributed by atoms with van der Waals surface area (Å²) in [6, 6.07) is 6.10. The highest BCUT2D eigenvalue weighted by Gasteiger charge is 2.21. The summed E-state index contributed by atoms with van der Waals surface area (Å²) < 4.78 is 24.2. The molecule has 0 spiro atoms. The molecular weight excluding hydrogens is 275 g/mol. The quantitative estimate of drug-likeness (QED) is 0.796. The summed E-state index contributed by atoms with van der Waals surface area (Å²) in [6.07, 6.45) is 2.93. The van der Waals surface area contributed by atoms with Gasteiger partial charge in [0.1, 0.15) is 23.6 Å². The molecule has 0 saturated heterocycles. The van der Waals surface area contributed by atoms with Crippen LogP contribution in [0.15, 0.2) is 41.3 Å². The predicted octanol–water partition coefficient (Wildman–Crippen LogP) is 2.53. The van der Waals surface area contributed by atoms with Crippen molar-refractivity contribution in [3.8, 4) is 28.3 Å². The van der Waals surface area contributed by atoms with E-state index in [0.29, 0.717) is 17.0 Å². The summed E-state index contributed by atoms with van der Waals surface area (Å²) in [4.78, 5) is 7.93. The number of hydrogen-bond acceptors (Lipinski definition) is 6. The number of halogens is 1. The van der Waals surface area contributed by atoms with Gasteiger partial charge in [0, 0.05) is 17.8 Å². The van der Waals surface area contributed by atoms with E-state index in [9.17, 15) is 4.39 Å². The van der Waals surface area contributed by atoms with Crippen molar-refractivity contribution in [1.82, 2.24) is 15.1 Å². The van der Waals surface area contributed by atoms with E-state index in [0.717, 1.165) is 0 Å². The predicted molar refractivity (Wildman–Crippen MR) is 73.9 cm³/mol. The Labute approximate surface area is 119 Å². The minimum Gasteiger partial charge on any atom is -0.497 e. The van der Waals surface area contributed by atoms with Gasteiger partial charge >= 0.3 is 0 Å². The molecule has 0 atom stereocenters. The number of methoxy groups -OCH3 is 1. The Hall–Kier alpha value is -2.96. The molecule has 0 radical (unpaired) electrons. The van der Waals surface area contributed by atoms with Gasteiger partial charge in [-0.3, -0.25) is 0 Å². The average Bonchev–Trinajstić information content (AvgIpc) is 2.89. The third-order valence-electron chi connectivity index (χ3n) is 2.99. The molecule has 0 aliphatic heterocycles. The smallest absolute Gasteiger partial charge is 0.232 e. The van der Waals surface area contributed by atoms with Crippen molar-refractivity contribution >= 4 is 5.88 Å². The van der Waals surface area contributed by atoms with Crippen LogP contribution in [-0.4, -0.2) is 22.2 Å². The maximum absolute atomic E-state index is 14.2. The lowest BCUT2D eigenvalue weighted by molar-refractivity contribution is 0.411. The average molecular weight is 286 g/mol. The van der Waals surface area contributed by atoms with E-state index in [1.165, 1.54) is 19.5 Å². The highest BCUT2D eigenvalue weighted by Crippen LogP contribution is 2.36. The molecule has 0 amide bonds. The zero-order valence-corrected chi connectivity index (χ0v) is 11.1. The molecule has 1 aromatic carbocycles. The van der Waals surface area contributed by atoms with Gasteiger partial charge in [-0.15, -0.1) is 0 Å². The van der Waals surface area contributed by atoms with E-state index >= 15 is 0 Å². The number of anilines is 1. The number of aromatic nitrogens is 3. The number of nitrogen functional groups attached to an aromatic ring is 1. The number of ether oxygens (including phenoxy) is 1. The Kier molecular flexibility index (Phi) is 3.23. The van der Waals surface area contributed by atoms with Gasteiger partial charge < -0.3 is 15.0 Å². The second-order valence-electron chi connectivity index (χ2n) is 4.21. The molecule has 2 heterocycles. The van der Waals surface area contributed by atoms with E-state index in [2.05, 4.69) is 15.1 Å². The van der Waals surface area contributed by atoms with E-state index < -0.39 is 5.82 Å². The van der Waals surface area contributed by atoms with Gasteiger partial charge in [-0.1, -0.05) is 5.16 Å². The van der Waals surface area contributed by atoms with E-state index in [4.69, 9.17) is 15.0 Å². The second kappa shape index (κ2) is 5.20. The first-order chi connectivity index (χ1) is 10.2. The number of benzene rings is 1. The fourth-order valence-electron chi connectivity index (χ4n) is 1.99. The van der Waals surface area contributed by atoms with Crippen LogP contribution in [-0.2, 0) is 0 Å².